The lowest BCUT2D eigenvalue weighted by molar-refractivity contribution is -0.127. The third kappa shape index (κ3) is 3.44. The van der Waals surface area contributed by atoms with E-state index < -0.39 is 0 Å². The number of furan rings is 1. The first-order chi connectivity index (χ1) is 11.0. The van der Waals surface area contributed by atoms with Crippen molar-refractivity contribution < 1.29 is 9.21 Å². The minimum Gasteiger partial charge on any atom is -0.462 e. The molecule has 1 fully saturated rings. The largest absolute Gasteiger partial charge is 0.462 e. The molecule has 3 rings (SSSR count). The zero-order valence-corrected chi connectivity index (χ0v) is 14.1. The quantitative estimate of drug-likeness (QED) is 0.693. The van der Waals surface area contributed by atoms with Gasteiger partial charge in [-0.3, -0.25) is 9.89 Å². The molecular formula is C16H20N4O2S. The molecule has 7 heteroatoms. The third-order valence-electron chi connectivity index (χ3n) is 4.24. The number of nitrogens with one attached hydrogen (secondary N) is 1. The van der Waals surface area contributed by atoms with Crippen LogP contribution in [-0.4, -0.2) is 38.7 Å². The van der Waals surface area contributed by atoms with Crippen LogP contribution in [0.3, 0.4) is 0 Å². The number of rotatable bonds is 3. The summed E-state index contributed by atoms with van der Waals surface area (Å²) in [6.45, 7) is 3.34. The summed E-state index contributed by atoms with van der Waals surface area (Å²) >= 11 is 5.15. The fourth-order valence-corrected chi connectivity index (χ4v) is 3.02. The Bertz CT molecular complexity index is 778. The molecule has 1 N–H and O–H groups in total. The second-order valence-electron chi connectivity index (χ2n) is 5.83. The van der Waals surface area contributed by atoms with E-state index in [9.17, 15) is 4.79 Å². The van der Waals surface area contributed by atoms with E-state index in [1.165, 1.54) is 0 Å². The van der Waals surface area contributed by atoms with E-state index in [0.29, 0.717) is 16.4 Å². The first-order valence-corrected chi connectivity index (χ1v) is 8.10. The molecule has 1 amide bonds. The van der Waals surface area contributed by atoms with Crippen LogP contribution < -0.4 is 0 Å². The predicted octanol–water partition coefficient (Wildman–Crippen LogP) is 2.80. The summed E-state index contributed by atoms with van der Waals surface area (Å²) in [5.41, 5.74) is 0. The zero-order chi connectivity index (χ0) is 16.4. The van der Waals surface area contributed by atoms with Gasteiger partial charge in [0.2, 0.25) is 5.91 Å². The van der Waals surface area contributed by atoms with Gasteiger partial charge in [-0.25, -0.2) is 0 Å². The highest BCUT2D eigenvalue weighted by molar-refractivity contribution is 7.71. The van der Waals surface area contributed by atoms with E-state index in [0.717, 1.165) is 37.5 Å². The Kier molecular flexibility index (Phi) is 4.47. The summed E-state index contributed by atoms with van der Waals surface area (Å²) in [6.07, 6.45) is 5.09. The Morgan fingerprint density at radius 2 is 2.17 bits per heavy atom. The summed E-state index contributed by atoms with van der Waals surface area (Å²) in [5, 5.41) is 7.13. The molecule has 1 aliphatic heterocycles. The minimum absolute atomic E-state index is 0.0212. The van der Waals surface area contributed by atoms with Gasteiger partial charge in [0.25, 0.3) is 0 Å². The van der Waals surface area contributed by atoms with Crippen molar-refractivity contribution in [1.82, 2.24) is 19.7 Å². The number of nitrogens with zero attached hydrogens (tertiary/aromatic N) is 3. The normalized spacial score (nSPS) is 16.3. The SMILES string of the molecule is Cc1ccc(C=CC(=O)N2CCC(c3n[nH]c(=S)n3C)CC2)o1. The average Bonchev–Trinajstić information content (AvgIpc) is 3.12. The van der Waals surface area contributed by atoms with Crippen LogP contribution in [0.2, 0.25) is 0 Å². The minimum atomic E-state index is 0.0212. The van der Waals surface area contributed by atoms with Crippen molar-refractivity contribution in [2.45, 2.75) is 25.7 Å². The van der Waals surface area contributed by atoms with Gasteiger partial charge >= 0.3 is 0 Å². The Hall–Kier alpha value is -2.15. The number of piperidine rings is 1. The molecule has 23 heavy (non-hydrogen) atoms. The smallest absolute Gasteiger partial charge is 0.246 e. The second kappa shape index (κ2) is 6.54. The number of aromatic nitrogens is 3. The number of hydrogen-bond acceptors (Lipinski definition) is 4. The lowest BCUT2D eigenvalue weighted by Crippen LogP contribution is -2.37. The van der Waals surface area contributed by atoms with Crippen LogP contribution in [0.25, 0.3) is 6.08 Å². The number of aryl methyl sites for hydroxylation is 1. The Labute approximate surface area is 139 Å². The molecule has 2 aromatic heterocycles. The van der Waals surface area contributed by atoms with Crippen LogP contribution in [0.4, 0.5) is 0 Å². The number of carbonyl (C=O) groups is 1. The molecule has 0 aromatic carbocycles. The number of aromatic amines is 1. The zero-order valence-electron chi connectivity index (χ0n) is 13.3. The maximum absolute atomic E-state index is 12.2. The van der Waals surface area contributed by atoms with Crippen LogP contribution in [0.5, 0.6) is 0 Å². The van der Waals surface area contributed by atoms with E-state index >= 15 is 0 Å². The summed E-state index contributed by atoms with van der Waals surface area (Å²) in [6, 6.07) is 3.74. The van der Waals surface area contributed by atoms with E-state index in [4.69, 9.17) is 16.6 Å². The number of carbonyl (C=O) groups excluding carboxylic acids is 1. The average molecular weight is 332 g/mol. The van der Waals surface area contributed by atoms with Gasteiger partial charge in [0.05, 0.1) is 0 Å². The summed E-state index contributed by atoms with van der Waals surface area (Å²) in [5.74, 6) is 2.88. The highest BCUT2D eigenvalue weighted by atomic mass is 32.1. The fourth-order valence-electron chi connectivity index (χ4n) is 2.88. The summed E-state index contributed by atoms with van der Waals surface area (Å²) < 4.78 is 7.98. The standard InChI is InChI=1S/C16H20N4O2S/c1-11-3-4-13(22-11)5-6-14(21)20-9-7-12(8-10-20)15-17-18-16(23)19(15)2/h3-6,12H,7-10H2,1-2H3,(H,18,23). The number of amides is 1. The van der Waals surface area contributed by atoms with Crippen molar-refractivity contribution in [3.63, 3.8) is 0 Å². The van der Waals surface area contributed by atoms with Gasteiger partial charge in [-0.2, -0.15) is 5.10 Å². The first-order valence-electron chi connectivity index (χ1n) is 7.69. The summed E-state index contributed by atoms with van der Waals surface area (Å²) in [4.78, 5) is 14.1. The first kappa shape index (κ1) is 15.7. The topological polar surface area (TPSA) is 67.1 Å². The molecule has 0 saturated carbocycles. The Morgan fingerprint density at radius 1 is 1.43 bits per heavy atom. The molecular weight excluding hydrogens is 312 g/mol. The molecule has 6 nitrogen and oxygen atoms in total. The Balaban J connectivity index is 1.58. The lowest BCUT2D eigenvalue weighted by Gasteiger charge is -2.30. The molecule has 0 radical (unpaired) electrons. The second-order valence-corrected chi connectivity index (χ2v) is 6.21. The van der Waals surface area contributed by atoms with Gasteiger partial charge < -0.3 is 13.9 Å². The fraction of sp³-hybridized carbons (Fsp3) is 0.438. The van der Waals surface area contributed by atoms with E-state index in [2.05, 4.69) is 10.2 Å². The molecule has 122 valence electrons. The van der Waals surface area contributed by atoms with Crippen molar-refractivity contribution in [1.29, 1.82) is 0 Å². The molecule has 0 bridgehead atoms. The predicted molar refractivity (Wildman–Crippen MR) is 89.4 cm³/mol. The van der Waals surface area contributed by atoms with Crippen LogP contribution in [0.1, 0.15) is 36.1 Å². The van der Waals surface area contributed by atoms with Gasteiger partial charge in [-0.1, -0.05) is 0 Å². The molecule has 0 aliphatic carbocycles. The highest BCUT2D eigenvalue weighted by Gasteiger charge is 2.25. The van der Waals surface area contributed by atoms with Crippen LogP contribution in [0.15, 0.2) is 22.6 Å². The third-order valence-corrected chi connectivity index (χ3v) is 4.60. The monoisotopic (exact) mass is 332 g/mol. The van der Waals surface area contributed by atoms with Crippen molar-refractivity contribution in [2.75, 3.05) is 13.1 Å². The maximum Gasteiger partial charge on any atom is 0.246 e. The van der Waals surface area contributed by atoms with E-state index in [1.807, 2.05) is 35.6 Å². The van der Waals surface area contributed by atoms with Gasteiger partial charge in [0, 0.05) is 32.1 Å². The molecule has 1 aliphatic rings. The molecule has 0 spiro atoms. The van der Waals surface area contributed by atoms with Gasteiger partial charge in [-0.05, 0) is 50.2 Å². The number of hydrogen-bond donors (Lipinski definition) is 1. The van der Waals surface area contributed by atoms with Crippen LogP contribution >= 0.6 is 12.2 Å². The maximum atomic E-state index is 12.2. The molecule has 0 unspecified atom stereocenters. The van der Waals surface area contributed by atoms with Crippen molar-refractivity contribution in [3.8, 4) is 0 Å². The lowest BCUT2D eigenvalue weighted by atomic mass is 9.96. The van der Waals surface area contributed by atoms with Gasteiger partial charge in [0.1, 0.15) is 17.3 Å². The van der Waals surface area contributed by atoms with Gasteiger partial charge in [0.15, 0.2) is 4.77 Å². The van der Waals surface area contributed by atoms with Crippen molar-refractivity contribution >= 4 is 24.2 Å². The van der Waals surface area contributed by atoms with E-state index in [-0.39, 0.29) is 5.91 Å². The van der Waals surface area contributed by atoms with Crippen molar-refractivity contribution in [3.05, 3.63) is 40.3 Å². The summed E-state index contributed by atoms with van der Waals surface area (Å²) in [7, 11) is 1.92. The molecule has 0 atom stereocenters. The Morgan fingerprint density at radius 3 is 2.74 bits per heavy atom. The number of likely N-dealkylation sites (tertiary alicyclic amines) is 1. The molecule has 2 aromatic rings. The van der Waals surface area contributed by atoms with Crippen LogP contribution in [-0.2, 0) is 11.8 Å². The van der Waals surface area contributed by atoms with Gasteiger partial charge in [-0.15, -0.1) is 0 Å². The van der Waals surface area contributed by atoms with Crippen molar-refractivity contribution in [2.24, 2.45) is 7.05 Å². The van der Waals surface area contributed by atoms with E-state index in [1.54, 1.807) is 12.2 Å². The number of H-pyrrole nitrogens is 1. The molecule has 1 saturated heterocycles. The van der Waals surface area contributed by atoms with Crippen LogP contribution in [0, 0.1) is 11.7 Å². The highest BCUT2D eigenvalue weighted by Crippen LogP contribution is 2.26. The molecule has 3 heterocycles.